The average Bonchev–Trinajstić information content (AvgIpc) is 3.10. The monoisotopic (exact) mass is 251 g/mol. The summed E-state index contributed by atoms with van der Waals surface area (Å²) in [4.78, 5) is 4.62. The van der Waals surface area contributed by atoms with Gasteiger partial charge in [0.2, 0.25) is 11.7 Å². The fraction of sp³-hybridized carbons (Fsp3) is 0.846. The van der Waals surface area contributed by atoms with Gasteiger partial charge in [0.1, 0.15) is 6.10 Å². The third-order valence-corrected chi connectivity index (χ3v) is 4.26. The quantitative estimate of drug-likeness (QED) is 0.889. The lowest BCUT2D eigenvalue weighted by molar-refractivity contribution is 0.103. The van der Waals surface area contributed by atoms with E-state index in [1.54, 1.807) is 0 Å². The molecule has 1 aromatic rings. The van der Waals surface area contributed by atoms with E-state index < -0.39 is 0 Å². The molecule has 0 radical (unpaired) electrons. The average molecular weight is 251 g/mol. The topological polar surface area (TPSA) is 60.2 Å². The molecular weight excluding hydrogens is 230 g/mol. The van der Waals surface area contributed by atoms with Crippen LogP contribution in [0.3, 0.4) is 0 Å². The normalized spacial score (nSPS) is 32.8. The van der Waals surface area contributed by atoms with Crippen molar-refractivity contribution in [1.29, 1.82) is 0 Å². The minimum absolute atomic E-state index is 0.0299. The van der Waals surface area contributed by atoms with E-state index in [2.05, 4.69) is 22.4 Å². The van der Waals surface area contributed by atoms with E-state index in [0.717, 1.165) is 57.1 Å². The summed E-state index contributed by atoms with van der Waals surface area (Å²) < 4.78 is 11.1. The smallest absolute Gasteiger partial charge is 0.234 e. The highest BCUT2D eigenvalue weighted by Gasteiger charge is 2.38. The van der Waals surface area contributed by atoms with E-state index in [-0.39, 0.29) is 11.5 Å². The first kappa shape index (κ1) is 12.1. The van der Waals surface area contributed by atoms with Crippen LogP contribution in [0.4, 0.5) is 0 Å². The third kappa shape index (κ3) is 2.06. The van der Waals surface area contributed by atoms with E-state index in [4.69, 9.17) is 9.26 Å². The first-order valence-corrected chi connectivity index (χ1v) is 7.00. The van der Waals surface area contributed by atoms with Gasteiger partial charge in [-0.3, -0.25) is 0 Å². The fourth-order valence-electron chi connectivity index (χ4n) is 2.97. The Morgan fingerprint density at radius 2 is 2.39 bits per heavy atom. The Hall–Kier alpha value is -0.940. The van der Waals surface area contributed by atoms with Gasteiger partial charge in [-0.05, 0) is 38.6 Å². The minimum atomic E-state index is 0.0299. The molecule has 3 rings (SSSR count). The summed E-state index contributed by atoms with van der Waals surface area (Å²) in [7, 11) is 0. The summed E-state index contributed by atoms with van der Waals surface area (Å²) >= 11 is 0. The number of rotatable bonds is 3. The molecule has 3 heterocycles. The summed E-state index contributed by atoms with van der Waals surface area (Å²) in [6, 6.07) is 0. The molecule has 18 heavy (non-hydrogen) atoms. The number of hydrogen-bond donors (Lipinski definition) is 1. The number of piperidine rings is 1. The van der Waals surface area contributed by atoms with Gasteiger partial charge in [-0.1, -0.05) is 12.1 Å². The Balaban J connectivity index is 1.82. The zero-order valence-electron chi connectivity index (χ0n) is 10.9. The van der Waals surface area contributed by atoms with Crippen LogP contribution in [0.5, 0.6) is 0 Å². The number of aromatic nitrogens is 2. The molecule has 2 saturated heterocycles. The second-order valence-corrected chi connectivity index (χ2v) is 5.37. The van der Waals surface area contributed by atoms with Crippen LogP contribution in [0.2, 0.25) is 0 Å². The zero-order chi connectivity index (χ0) is 12.4. The van der Waals surface area contributed by atoms with Crippen molar-refractivity contribution in [2.24, 2.45) is 0 Å². The molecule has 100 valence electrons. The SMILES string of the molecule is CCC1(c2nc(C3CCCO3)no2)CCCNC1. The molecule has 0 aromatic carbocycles. The summed E-state index contributed by atoms with van der Waals surface area (Å²) in [5.41, 5.74) is 0.0299. The lowest BCUT2D eigenvalue weighted by atomic mass is 9.78. The van der Waals surface area contributed by atoms with Gasteiger partial charge in [0.25, 0.3) is 0 Å². The summed E-state index contributed by atoms with van der Waals surface area (Å²) in [5.74, 6) is 1.53. The molecule has 0 bridgehead atoms. The van der Waals surface area contributed by atoms with Gasteiger partial charge in [-0.25, -0.2) is 0 Å². The van der Waals surface area contributed by atoms with Gasteiger partial charge < -0.3 is 14.6 Å². The lowest BCUT2D eigenvalue weighted by Crippen LogP contribution is -2.43. The van der Waals surface area contributed by atoms with Crippen LogP contribution in [0.15, 0.2) is 4.52 Å². The van der Waals surface area contributed by atoms with Crippen molar-refractivity contribution in [2.75, 3.05) is 19.7 Å². The van der Waals surface area contributed by atoms with E-state index in [1.807, 2.05) is 0 Å². The van der Waals surface area contributed by atoms with E-state index in [9.17, 15) is 0 Å². The highest BCUT2D eigenvalue weighted by Crippen LogP contribution is 2.35. The molecule has 1 N–H and O–H groups in total. The summed E-state index contributed by atoms with van der Waals surface area (Å²) in [5, 5.41) is 7.57. The molecule has 0 aliphatic carbocycles. The Morgan fingerprint density at radius 1 is 1.44 bits per heavy atom. The molecule has 0 spiro atoms. The molecule has 5 heteroatoms. The zero-order valence-corrected chi connectivity index (χ0v) is 10.9. The summed E-state index contributed by atoms with van der Waals surface area (Å²) in [6.45, 7) is 5.04. The van der Waals surface area contributed by atoms with E-state index in [1.165, 1.54) is 6.42 Å². The first-order chi connectivity index (χ1) is 8.84. The molecule has 0 amide bonds. The van der Waals surface area contributed by atoms with Crippen molar-refractivity contribution in [3.63, 3.8) is 0 Å². The number of nitrogens with zero attached hydrogens (tertiary/aromatic N) is 2. The molecule has 2 aliphatic heterocycles. The summed E-state index contributed by atoms with van der Waals surface area (Å²) in [6.07, 6.45) is 5.49. The van der Waals surface area contributed by atoms with Crippen molar-refractivity contribution in [2.45, 2.75) is 50.5 Å². The maximum absolute atomic E-state index is 5.61. The highest BCUT2D eigenvalue weighted by atomic mass is 16.5. The standard InChI is InChI=1S/C13H21N3O2/c1-2-13(6-4-7-14-9-13)12-15-11(16-18-12)10-5-3-8-17-10/h10,14H,2-9H2,1H3. The van der Waals surface area contributed by atoms with Crippen molar-refractivity contribution in [1.82, 2.24) is 15.5 Å². The Morgan fingerprint density at radius 3 is 3.06 bits per heavy atom. The maximum Gasteiger partial charge on any atom is 0.234 e. The maximum atomic E-state index is 5.61. The number of ether oxygens (including phenoxy) is 1. The molecule has 0 saturated carbocycles. The van der Waals surface area contributed by atoms with Crippen molar-refractivity contribution < 1.29 is 9.26 Å². The van der Waals surface area contributed by atoms with Gasteiger partial charge in [0, 0.05) is 13.2 Å². The third-order valence-electron chi connectivity index (χ3n) is 4.26. The molecule has 1 aromatic heterocycles. The fourth-order valence-corrected chi connectivity index (χ4v) is 2.97. The Labute approximate surface area is 107 Å². The molecule has 2 atom stereocenters. The largest absolute Gasteiger partial charge is 0.370 e. The first-order valence-electron chi connectivity index (χ1n) is 7.00. The van der Waals surface area contributed by atoms with Gasteiger partial charge in [0.15, 0.2) is 0 Å². The predicted molar refractivity (Wildman–Crippen MR) is 66.3 cm³/mol. The lowest BCUT2D eigenvalue weighted by Gasteiger charge is -2.33. The number of nitrogens with one attached hydrogen (secondary N) is 1. The minimum Gasteiger partial charge on any atom is -0.370 e. The van der Waals surface area contributed by atoms with Crippen LogP contribution >= 0.6 is 0 Å². The van der Waals surface area contributed by atoms with Crippen LogP contribution in [-0.4, -0.2) is 29.8 Å². The van der Waals surface area contributed by atoms with Crippen LogP contribution < -0.4 is 5.32 Å². The van der Waals surface area contributed by atoms with Gasteiger partial charge in [-0.2, -0.15) is 4.98 Å². The van der Waals surface area contributed by atoms with Crippen LogP contribution in [0, 0.1) is 0 Å². The number of hydrogen-bond acceptors (Lipinski definition) is 5. The molecule has 5 nitrogen and oxygen atoms in total. The van der Waals surface area contributed by atoms with Gasteiger partial charge in [-0.15, -0.1) is 0 Å². The predicted octanol–water partition coefficient (Wildman–Crippen LogP) is 1.95. The van der Waals surface area contributed by atoms with Crippen LogP contribution in [0.25, 0.3) is 0 Å². The van der Waals surface area contributed by atoms with Crippen molar-refractivity contribution in [3.8, 4) is 0 Å². The van der Waals surface area contributed by atoms with Gasteiger partial charge in [0.05, 0.1) is 5.41 Å². The van der Waals surface area contributed by atoms with E-state index in [0.29, 0.717) is 0 Å². The van der Waals surface area contributed by atoms with E-state index >= 15 is 0 Å². The second-order valence-electron chi connectivity index (χ2n) is 5.37. The highest BCUT2D eigenvalue weighted by molar-refractivity contribution is 5.09. The molecular formula is C13H21N3O2. The van der Waals surface area contributed by atoms with Crippen LogP contribution in [-0.2, 0) is 10.2 Å². The second kappa shape index (κ2) is 4.97. The molecule has 2 unspecified atom stereocenters. The molecule has 2 fully saturated rings. The van der Waals surface area contributed by atoms with Crippen LogP contribution in [0.1, 0.15) is 56.8 Å². The van der Waals surface area contributed by atoms with Gasteiger partial charge >= 0.3 is 0 Å². The van der Waals surface area contributed by atoms with Crippen molar-refractivity contribution >= 4 is 0 Å². The molecule has 2 aliphatic rings. The van der Waals surface area contributed by atoms with Crippen molar-refractivity contribution in [3.05, 3.63) is 11.7 Å². The Bertz CT molecular complexity index is 393. The Kier molecular flexibility index (Phi) is 3.35.